The van der Waals surface area contributed by atoms with Crippen LogP contribution in [0.4, 0.5) is 11.4 Å². The molecule has 2 N–H and O–H groups in total. The predicted octanol–water partition coefficient (Wildman–Crippen LogP) is -0.140. The molecular weight excluding hydrogens is 430 g/mol. The quantitative estimate of drug-likeness (QED) is 0.469. The number of carbonyl (C=O) groups excluding carboxylic acids is 4. The maximum atomic E-state index is 11.0. The van der Waals surface area contributed by atoms with Crippen molar-refractivity contribution in [2.45, 2.75) is 0 Å². The van der Waals surface area contributed by atoms with Gasteiger partial charge in [-0.2, -0.15) is 0 Å². The Morgan fingerprint density at radius 1 is 0.586 bits per heavy atom. The van der Waals surface area contributed by atoms with Crippen molar-refractivity contribution < 1.29 is 48.9 Å². The molecule has 9 heteroatoms. The van der Waals surface area contributed by atoms with Gasteiger partial charge in [0.2, 0.25) is 11.8 Å². The molecule has 144 valence electrons. The van der Waals surface area contributed by atoms with Gasteiger partial charge in [-0.15, -0.1) is 0 Å². The van der Waals surface area contributed by atoms with E-state index in [-0.39, 0.29) is 19.5 Å². The number of para-hydroxylation sites is 2. The first-order chi connectivity index (χ1) is 13.4. The van der Waals surface area contributed by atoms with Crippen LogP contribution >= 0.6 is 0 Å². The summed E-state index contributed by atoms with van der Waals surface area (Å²) in [6.45, 7) is 0. The van der Waals surface area contributed by atoms with Crippen LogP contribution in [0.1, 0.15) is 0 Å². The second-order valence-corrected chi connectivity index (χ2v) is 5.02. The van der Waals surface area contributed by atoms with Gasteiger partial charge in [0.1, 0.15) is 0 Å². The summed E-state index contributed by atoms with van der Waals surface area (Å²) in [6.07, 6.45) is 3.17. The molecule has 0 fully saturated rings. The number of carbonyl (C=O) groups is 4. The number of nitrogens with one attached hydrogen (secondary N) is 2. The Morgan fingerprint density at radius 3 is 1.17 bits per heavy atom. The fourth-order valence-electron chi connectivity index (χ4n) is 1.70. The summed E-state index contributed by atoms with van der Waals surface area (Å²) in [6, 6.07) is 17.5. The number of aliphatic carboxylic acids is 2. The van der Waals surface area contributed by atoms with Crippen molar-refractivity contribution in [3.63, 3.8) is 0 Å². The summed E-state index contributed by atoms with van der Waals surface area (Å²) in [4.78, 5) is 42.0. The van der Waals surface area contributed by atoms with E-state index in [0.29, 0.717) is 23.5 Å². The van der Waals surface area contributed by atoms with Gasteiger partial charge in [-0.05, 0) is 36.4 Å². The molecule has 0 spiro atoms. The summed E-state index contributed by atoms with van der Waals surface area (Å²) >= 11 is 0. The maximum absolute atomic E-state index is 11.0. The number of carboxylic acid groups (broad SMARTS) is 2. The zero-order chi connectivity index (χ0) is 20.8. The molecule has 2 rings (SSSR count). The smallest absolute Gasteiger partial charge is 0.545 e. The average molecular weight is 446 g/mol. The third-order valence-corrected chi connectivity index (χ3v) is 2.82. The molecule has 0 aliphatic carbocycles. The number of carboxylic acids is 2. The van der Waals surface area contributed by atoms with Gasteiger partial charge in [0, 0.05) is 23.5 Å². The number of amides is 2. The second kappa shape index (κ2) is 14.5. The minimum Gasteiger partial charge on any atom is -0.545 e. The van der Waals surface area contributed by atoms with Gasteiger partial charge in [-0.3, -0.25) is 9.59 Å². The molecule has 0 heterocycles. The van der Waals surface area contributed by atoms with Crippen molar-refractivity contribution in [3.05, 3.63) is 85.0 Å². The van der Waals surface area contributed by atoms with E-state index in [2.05, 4.69) is 10.6 Å². The Bertz CT molecular complexity index is 794. The molecule has 0 aliphatic rings. The van der Waals surface area contributed by atoms with Gasteiger partial charge < -0.3 is 30.4 Å². The van der Waals surface area contributed by atoms with Gasteiger partial charge >= 0.3 is 19.5 Å². The van der Waals surface area contributed by atoms with Crippen LogP contribution in [-0.2, 0) is 38.7 Å². The molecule has 0 saturated heterocycles. The van der Waals surface area contributed by atoms with E-state index in [1.807, 2.05) is 12.1 Å². The Labute approximate surface area is 179 Å². The summed E-state index contributed by atoms with van der Waals surface area (Å²) in [5.74, 6) is -3.79. The van der Waals surface area contributed by atoms with Crippen LogP contribution < -0.4 is 20.8 Å². The number of benzene rings is 2. The van der Waals surface area contributed by atoms with Crippen LogP contribution in [0.3, 0.4) is 0 Å². The molecular formula is C20H16N2O6Zn. The minimum atomic E-state index is -1.40. The molecule has 0 bridgehead atoms. The second-order valence-electron chi connectivity index (χ2n) is 5.02. The fourth-order valence-corrected chi connectivity index (χ4v) is 1.70. The standard InChI is InChI=1S/2C10H9NO3.Zn/c2*12-9(6-7-10(13)14)11-8-4-2-1-3-5-8;/h2*1-7H,(H,11,12)(H,13,14);/q;;+2/p-2/b2*7-6-;. The Balaban J connectivity index is 0.000000523. The molecule has 2 aromatic rings. The van der Waals surface area contributed by atoms with E-state index in [1.165, 1.54) is 0 Å². The monoisotopic (exact) mass is 444 g/mol. The van der Waals surface area contributed by atoms with Gasteiger partial charge in [-0.1, -0.05) is 36.4 Å². The largest absolute Gasteiger partial charge is 2.00 e. The van der Waals surface area contributed by atoms with Gasteiger partial charge in [0.05, 0.1) is 11.9 Å². The van der Waals surface area contributed by atoms with E-state index in [1.54, 1.807) is 48.5 Å². The molecule has 0 unspecified atom stereocenters. The molecule has 0 radical (unpaired) electrons. The summed E-state index contributed by atoms with van der Waals surface area (Å²) in [7, 11) is 0. The zero-order valence-electron chi connectivity index (χ0n) is 15.2. The maximum Gasteiger partial charge on any atom is 2.00 e. The van der Waals surface area contributed by atoms with Crippen molar-refractivity contribution in [3.8, 4) is 0 Å². The minimum absolute atomic E-state index is 0. The summed E-state index contributed by atoms with van der Waals surface area (Å²) in [5.41, 5.74) is 1.22. The van der Waals surface area contributed by atoms with Crippen LogP contribution in [0.2, 0.25) is 0 Å². The number of anilines is 2. The number of hydrogen-bond donors (Lipinski definition) is 2. The van der Waals surface area contributed by atoms with Gasteiger partial charge in [0.15, 0.2) is 0 Å². The first-order valence-electron chi connectivity index (χ1n) is 7.87. The van der Waals surface area contributed by atoms with Crippen LogP contribution in [0.25, 0.3) is 0 Å². The number of hydrogen-bond acceptors (Lipinski definition) is 6. The van der Waals surface area contributed by atoms with E-state index in [9.17, 15) is 29.4 Å². The van der Waals surface area contributed by atoms with Gasteiger partial charge in [0.25, 0.3) is 0 Å². The van der Waals surface area contributed by atoms with Gasteiger partial charge in [-0.25, -0.2) is 0 Å². The normalized spacial score (nSPS) is 9.66. The van der Waals surface area contributed by atoms with Crippen LogP contribution in [0.15, 0.2) is 85.0 Å². The molecule has 2 amide bonds. The summed E-state index contributed by atoms with van der Waals surface area (Å²) in [5, 5.41) is 24.9. The molecule has 2 aromatic carbocycles. The Hall–Kier alpha value is -3.58. The third kappa shape index (κ3) is 13.3. The van der Waals surface area contributed by atoms with Crippen molar-refractivity contribution in [1.29, 1.82) is 0 Å². The zero-order valence-corrected chi connectivity index (χ0v) is 18.2. The SMILES string of the molecule is O=C([O-])/C=C\C(=O)Nc1ccccc1.O=C([O-])/C=C\C(=O)Nc1ccccc1.[Zn+2]. The van der Waals surface area contributed by atoms with E-state index in [0.717, 1.165) is 12.2 Å². The van der Waals surface area contributed by atoms with Crippen molar-refractivity contribution in [2.75, 3.05) is 10.6 Å². The molecule has 0 atom stereocenters. The fraction of sp³-hybridized carbons (Fsp3) is 0. The molecule has 8 nitrogen and oxygen atoms in total. The molecule has 0 aromatic heterocycles. The van der Waals surface area contributed by atoms with E-state index < -0.39 is 23.8 Å². The Morgan fingerprint density at radius 2 is 0.897 bits per heavy atom. The van der Waals surface area contributed by atoms with Crippen LogP contribution in [0.5, 0.6) is 0 Å². The van der Waals surface area contributed by atoms with Crippen LogP contribution in [0, 0.1) is 0 Å². The van der Waals surface area contributed by atoms with Crippen molar-refractivity contribution >= 4 is 35.1 Å². The topological polar surface area (TPSA) is 138 Å². The van der Waals surface area contributed by atoms with Crippen molar-refractivity contribution in [1.82, 2.24) is 0 Å². The number of rotatable bonds is 6. The summed E-state index contributed by atoms with van der Waals surface area (Å²) < 4.78 is 0. The average Bonchev–Trinajstić information content (AvgIpc) is 2.67. The Kier molecular flexibility index (Phi) is 12.7. The third-order valence-electron chi connectivity index (χ3n) is 2.82. The predicted molar refractivity (Wildman–Crippen MR) is 98.4 cm³/mol. The first kappa shape index (κ1) is 25.4. The molecule has 29 heavy (non-hydrogen) atoms. The van der Waals surface area contributed by atoms with Crippen molar-refractivity contribution in [2.24, 2.45) is 0 Å². The van der Waals surface area contributed by atoms with Crippen LogP contribution in [-0.4, -0.2) is 23.8 Å². The first-order valence-corrected chi connectivity index (χ1v) is 7.87. The molecule has 0 saturated carbocycles. The van der Waals surface area contributed by atoms with E-state index in [4.69, 9.17) is 0 Å². The van der Waals surface area contributed by atoms with E-state index >= 15 is 0 Å². The molecule has 0 aliphatic heterocycles.